The molecule has 1 aromatic carbocycles. The summed E-state index contributed by atoms with van der Waals surface area (Å²) in [5, 5.41) is 4.07. The molecule has 1 aromatic heterocycles. The summed E-state index contributed by atoms with van der Waals surface area (Å²) >= 11 is 5.99. The van der Waals surface area contributed by atoms with Crippen LogP contribution >= 0.6 is 11.6 Å². The molecule has 0 radical (unpaired) electrons. The highest BCUT2D eigenvalue weighted by Crippen LogP contribution is 2.14. The zero-order valence-corrected chi connectivity index (χ0v) is 11.9. The molecule has 1 unspecified atom stereocenters. The summed E-state index contributed by atoms with van der Waals surface area (Å²) < 4.78 is 7.16. The predicted molar refractivity (Wildman–Crippen MR) is 77.7 cm³/mol. The summed E-state index contributed by atoms with van der Waals surface area (Å²) in [6.07, 6.45) is 3.73. The maximum absolute atomic E-state index is 5.99. The van der Waals surface area contributed by atoms with Crippen LogP contribution in [0.15, 0.2) is 36.7 Å². The van der Waals surface area contributed by atoms with Gasteiger partial charge in [-0.05, 0) is 24.6 Å². The molecule has 5 heteroatoms. The molecular formula is C14H18ClN3O. The third kappa shape index (κ3) is 3.98. The molecule has 0 aliphatic rings. The molecule has 102 valence electrons. The van der Waals surface area contributed by atoms with E-state index in [1.54, 1.807) is 13.3 Å². The molecule has 1 atom stereocenters. The van der Waals surface area contributed by atoms with Crippen molar-refractivity contribution < 1.29 is 4.74 Å². The third-order valence-electron chi connectivity index (χ3n) is 2.75. The highest BCUT2D eigenvalue weighted by molar-refractivity contribution is 6.30. The van der Waals surface area contributed by atoms with Crippen LogP contribution < -0.4 is 5.32 Å². The van der Waals surface area contributed by atoms with Crippen LogP contribution in [0.5, 0.6) is 0 Å². The Morgan fingerprint density at radius 2 is 2.32 bits per heavy atom. The lowest BCUT2D eigenvalue weighted by Gasteiger charge is -2.15. The van der Waals surface area contributed by atoms with Crippen molar-refractivity contribution >= 4 is 17.5 Å². The van der Waals surface area contributed by atoms with Crippen molar-refractivity contribution in [2.75, 3.05) is 19.0 Å². The number of ether oxygens (including phenoxy) is 1. The predicted octanol–water partition coefficient (Wildman–Crippen LogP) is 3.03. The van der Waals surface area contributed by atoms with E-state index in [4.69, 9.17) is 16.3 Å². The van der Waals surface area contributed by atoms with Gasteiger partial charge in [0.15, 0.2) is 0 Å². The molecule has 2 rings (SSSR count). The van der Waals surface area contributed by atoms with E-state index in [0.717, 1.165) is 23.1 Å². The van der Waals surface area contributed by atoms with E-state index in [1.165, 1.54) is 0 Å². The summed E-state index contributed by atoms with van der Waals surface area (Å²) in [5.41, 5.74) is 1.15. The number of halogens is 1. The molecule has 19 heavy (non-hydrogen) atoms. The molecule has 1 N–H and O–H groups in total. The van der Waals surface area contributed by atoms with Crippen molar-refractivity contribution in [1.29, 1.82) is 0 Å². The van der Waals surface area contributed by atoms with Crippen molar-refractivity contribution in [3.05, 3.63) is 47.2 Å². The minimum Gasteiger partial charge on any atom is -0.383 e. The first kappa shape index (κ1) is 13.9. The number of methoxy groups -OCH3 is 1. The second-order valence-electron chi connectivity index (χ2n) is 4.51. The SMILES string of the molecule is COCC(C)Nc1nccn1Cc1cccc(Cl)c1. The fourth-order valence-corrected chi connectivity index (χ4v) is 2.13. The van der Waals surface area contributed by atoms with Crippen LogP contribution in [0, 0.1) is 0 Å². The topological polar surface area (TPSA) is 39.1 Å². The highest BCUT2D eigenvalue weighted by atomic mass is 35.5. The van der Waals surface area contributed by atoms with Gasteiger partial charge in [0.05, 0.1) is 13.2 Å². The highest BCUT2D eigenvalue weighted by Gasteiger charge is 2.07. The van der Waals surface area contributed by atoms with Gasteiger partial charge in [0, 0.05) is 30.6 Å². The second-order valence-corrected chi connectivity index (χ2v) is 4.95. The van der Waals surface area contributed by atoms with Crippen LogP contribution in [-0.2, 0) is 11.3 Å². The van der Waals surface area contributed by atoms with Gasteiger partial charge in [0.2, 0.25) is 5.95 Å². The molecule has 0 amide bonds. The van der Waals surface area contributed by atoms with Gasteiger partial charge in [-0.1, -0.05) is 23.7 Å². The minimum absolute atomic E-state index is 0.213. The van der Waals surface area contributed by atoms with E-state index in [-0.39, 0.29) is 6.04 Å². The summed E-state index contributed by atoms with van der Waals surface area (Å²) in [6, 6.07) is 8.05. The third-order valence-corrected chi connectivity index (χ3v) is 2.98. The lowest BCUT2D eigenvalue weighted by molar-refractivity contribution is 0.190. The number of hydrogen-bond acceptors (Lipinski definition) is 3. The van der Waals surface area contributed by atoms with Gasteiger partial charge in [0.25, 0.3) is 0 Å². The first-order valence-corrected chi connectivity index (χ1v) is 6.58. The summed E-state index contributed by atoms with van der Waals surface area (Å²) in [5.74, 6) is 0.838. The summed E-state index contributed by atoms with van der Waals surface area (Å²) in [6.45, 7) is 3.44. The minimum atomic E-state index is 0.213. The van der Waals surface area contributed by atoms with Crippen LogP contribution in [0.25, 0.3) is 0 Å². The maximum atomic E-state index is 5.99. The van der Waals surface area contributed by atoms with Crippen molar-refractivity contribution in [3.8, 4) is 0 Å². The fraction of sp³-hybridized carbons (Fsp3) is 0.357. The molecule has 1 heterocycles. The van der Waals surface area contributed by atoms with Crippen molar-refractivity contribution in [2.45, 2.75) is 19.5 Å². The fourth-order valence-electron chi connectivity index (χ4n) is 1.92. The Hall–Kier alpha value is -1.52. The zero-order chi connectivity index (χ0) is 13.7. The van der Waals surface area contributed by atoms with E-state index in [0.29, 0.717) is 6.61 Å². The van der Waals surface area contributed by atoms with Crippen molar-refractivity contribution in [3.63, 3.8) is 0 Å². The van der Waals surface area contributed by atoms with Gasteiger partial charge in [-0.3, -0.25) is 0 Å². The molecular weight excluding hydrogens is 262 g/mol. The Balaban J connectivity index is 2.07. The van der Waals surface area contributed by atoms with Crippen LogP contribution in [-0.4, -0.2) is 29.3 Å². The Labute approximate surface area is 118 Å². The van der Waals surface area contributed by atoms with Gasteiger partial charge in [0.1, 0.15) is 0 Å². The Morgan fingerprint density at radius 3 is 3.05 bits per heavy atom. The number of anilines is 1. The van der Waals surface area contributed by atoms with Crippen LogP contribution in [0.1, 0.15) is 12.5 Å². The van der Waals surface area contributed by atoms with Crippen molar-refractivity contribution in [1.82, 2.24) is 9.55 Å². The Kier molecular flexibility index (Phi) is 4.82. The van der Waals surface area contributed by atoms with E-state index < -0.39 is 0 Å². The van der Waals surface area contributed by atoms with Crippen LogP contribution in [0.3, 0.4) is 0 Å². The molecule has 0 saturated carbocycles. The maximum Gasteiger partial charge on any atom is 0.203 e. The number of hydrogen-bond donors (Lipinski definition) is 1. The normalized spacial score (nSPS) is 12.4. The number of rotatable bonds is 6. The average molecular weight is 280 g/mol. The first-order valence-electron chi connectivity index (χ1n) is 6.20. The molecule has 0 aliphatic carbocycles. The van der Waals surface area contributed by atoms with E-state index in [9.17, 15) is 0 Å². The molecule has 0 fully saturated rings. The smallest absolute Gasteiger partial charge is 0.203 e. The Morgan fingerprint density at radius 1 is 1.47 bits per heavy atom. The quantitative estimate of drug-likeness (QED) is 0.883. The summed E-state index contributed by atoms with van der Waals surface area (Å²) in [7, 11) is 1.69. The first-order chi connectivity index (χ1) is 9.19. The standard InChI is InChI=1S/C14H18ClN3O/c1-11(10-19-2)17-14-16-6-7-18(14)9-12-4-3-5-13(15)8-12/h3-8,11H,9-10H2,1-2H3,(H,16,17). The van der Waals surface area contributed by atoms with Gasteiger partial charge in [-0.25, -0.2) is 4.98 Å². The van der Waals surface area contributed by atoms with E-state index in [2.05, 4.69) is 21.8 Å². The summed E-state index contributed by atoms with van der Waals surface area (Å²) in [4.78, 5) is 4.32. The number of nitrogens with one attached hydrogen (secondary N) is 1. The van der Waals surface area contributed by atoms with Gasteiger partial charge >= 0.3 is 0 Å². The van der Waals surface area contributed by atoms with E-state index >= 15 is 0 Å². The van der Waals surface area contributed by atoms with Gasteiger partial charge in [-0.2, -0.15) is 0 Å². The molecule has 0 bridgehead atoms. The van der Waals surface area contributed by atoms with Crippen LogP contribution in [0.2, 0.25) is 5.02 Å². The molecule has 4 nitrogen and oxygen atoms in total. The van der Waals surface area contributed by atoms with Crippen molar-refractivity contribution in [2.24, 2.45) is 0 Å². The largest absolute Gasteiger partial charge is 0.383 e. The molecule has 0 saturated heterocycles. The number of aromatic nitrogens is 2. The van der Waals surface area contributed by atoms with Crippen LogP contribution in [0.4, 0.5) is 5.95 Å². The second kappa shape index (κ2) is 6.59. The van der Waals surface area contributed by atoms with Gasteiger partial charge < -0.3 is 14.6 Å². The zero-order valence-electron chi connectivity index (χ0n) is 11.1. The number of nitrogens with zero attached hydrogens (tertiary/aromatic N) is 2. The molecule has 0 spiro atoms. The average Bonchev–Trinajstić information content (AvgIpc) is 2.77. The Bertz CT molecular complexity index is 527. The van der Waals surface area contributed by atoms with Gasteiger partial charge in [-0.15, -0.1) is 0 Å². The monoisotopic (exact) mass is 279 g/mol. The lowest BCUT2D eigenvalue weighted by Crippen LogP contribution is -2.23. The lowest BCUT2D eigenvalue weighted by atomic mass is 10.2. The molecule has 0 aliphatic heterocycles. The number of benzene rings is 1. The van der Waals surface area contributed by atoms with E-state index in [1.807, 2.05) is 30.5 Å². The number of imidazole rings is 1. The molecule has 2 aromatic rings.